The smallest absolute Gasteiger partial charge is 0.264 e. The minimum Gasteiger partial charge on any atom is -0.493 e. The van der Waals surface area contributed by atoms with Gasteiger partial charge in [0.05, 0.1) is 12.3 Å². The molecule has 0 spiro atoms. The summed E-state index contributed by atoms with van der Waals surface area (Å²) in [6.07, 6.45) is 0.401. The van der Waals surface area contributed by atoms with Crippen molar-refractivity contribution in [2.24, 2.45) is 0 Å². The Labute approximate surface area is 172 Å². The van der Waals surface area contributed by atoms with Gasteiger partial charge in [0.25, 0.3) is 5.91 Å². The molecule has 1 heterocycles. The summed E-state index contributed by atoms with van der Waals surface area (Å²) in [7, 11) is 0. The molecule has 0 saturated heterocycles. The van der Waals surface area contributed by atoms with Gasteiger partial charge in [-0.15, -0.1) is 0 Å². The molecule has 3 rings (SSSR count). The molecule has 154 valence electrons. The highest BCUT2D eigenvalue weighted by atomic mass is 16.5. The van der Waals surface area contributed by atoms with Gasteiger partial charge in [0.15, 0.2) is 5.60 Å². The molecular weight excluding hydrogens is 366 g/mol. The fraction of sp³-hybridized carbons (Fsp3) is 0.417. The number of carbonyl (C=O) groups excluding carboxylic acids is 2. The molecule has 0 saturated carbocycles. The van der Waals surface area contributed by atoms with E-state index in [0.29, 0.717) is 36.7 Å². The molecule has 0 bridgehead atoms. The van der Waals surface area contributed by atoms with E-state index in [1.807, 2.05) is 25.1 Å². The van der Waals surface area contributed by atoms with E-state index in [2.05, 4.69) is 26.0 Å². The summed E-state index contributed by atoms with van der Waals surface area (Å²) in [4.78, 5) is 26.2. The Morgan fingerprint density at radius 1 is 1.21 bits per heavy atom. The van der Waals surface area contributed by atoms with Crippen LogP contribution < -0.4 is 9.64 Å². The average molecular weight is 395 g/mol. The third-order valence-corrected chi connectivity index (χ3v) is 5.32. The van der Waals surface area contributed by atoms with Gasteiger partial charge in [0.2, 0.25) is 0 Å². The van der Waals surface area contributed by atoms with Crippen molar-refractivity contribution in [3.63, 3.8) is 0 Å². The molecule has 5 heteroatoms. The molecule has 0 unspecified atom stereocenters. The molecule has 2 aromatic rings. The fourth-order valence-corrected chi connectivity index (χ4v) is 3.91. The number of carbonyl (C=O) groups is 2. The van der Waals surface area contributed by atoms with Crippen molar-refractivity contribution >= 4 is 17.4 Å². The predicted molar refractivity (Wildman–Crippen MR) is 113 cm³/mol. The number of amides is 1. The molecule has 1 aliphatic heterocycles. The molecule has 1 N–H and O–H groups in total. The van der Waals surface area contributed by atoms with E-state index in [9.17, 15) is 14.7 Å². The Balaban J connectivity index is 1.70. The molecule has 2 aromatic carbocycles. The Bertz CT molecular complexity index is 921. The third kappa shape index (κ3) is 4.20. The Kier molecular flexibility index (Phi) is 6.08. The van der Waals surface area contributed by atoms with Gasteiger partial charge in [0, 0.05) is 18.5 Å². The van der Waals surface area contributed by atoms with E-state index in [4.69, 9.17) is 4.74 Å². The minimum atomic E-state index is -1.77. The number of aliphatic hydroxyl groups is 1. The first kappa shape index (κ1) is 21.1. The fourth-order valence-electron chi connectivity index (χ4n) is 3.91. The highest BCUT2D eigenvalue weighted by molar-refractivity contribution is 6.08. The summed E-state index contributed by atoms with van der Waals surface area (Å²) in [6, 6.07) is 13.3. The SMILES string of the molecule is CC(=O)C[C@]1(O)C(=O)N(CCCOc2cc(C)ccc2C(C)C)c2ccccc21. The van der Waals surface area contributed by atoms with Crippen LogP contribution in [0.3, 0.4) is 0 Å². The van der Waals surface area contributed by atoms with Gasteiger partial charge < -0.3 is 14.7 Å². The van der Waals surface area contributed by atoms with Gasteiger partial charge in [-0.3, -0.25) is 9.59 Å². The van der Waals surface area contributed by atoms with Crippen LogP contribution in [0, 0.1) is 6.92 Å². The number of para-hydroxylation sites is 1. The van der Waals surface area contributed by atoms with E-state index < -0.39 is 11.5 Å². The molecule has 29 heavy (non-hydrogen) atoms. The Morgan fingerprint density at radius 2 is 1.93 bits per heavy atom. The van der Waals surface area contributed by atoms with Crippen LogP contribution in [0.4, 0.5) is 5.69 Å². The van der Waals surface area contributed by atoms with E-state index in [-0.39, 0.29) is 12.2 Å². The number of benzene rings is 2. The van der Waals surface area contributed by atoms with Crippen molar-refractivity contribution in [1.82, 2.24) is 0 Å². The molecule has 1 amide bonds. The third-order valence-electron chi connectivity index (χ3n) is 5.32. The summed E-state index contributed by atoms with van der Waals surface area (Å²) >= 11 is 0. The zero-order valence-corrected chi connectivity index (χ0v) is 17.6. The molecule has 0 aliphatic carbocycles. The number of hydrogen-bond donors (Lipinski definition) is 1. The number of rotatable bonds is 8. The number of hydrogen-bond acceptors (Lipinski definition) is 4. The van der Waals surface area contributed by atoms with Crippen molar-refractivity contribution in [2.45, 2.75) is 52.1 Å². The van der Waals surface area contributed by atoms with E-state index in [1.165, 1.54) is 6.92 Å². The lowest BCUT2D eigenvalue weighted by molar-refractivity contribution is -0.141. The van der Waals surface area contributed by atoms with Gasteiger partial charge in [0.1, 0.15) is 11.5 Å². The van der Waals surface area contributed by atoms with Gasteiger partial charge >= 0.3 is 0 Å². The van der Waals surface area contributed by atoms with Crippen LogP contribution in [0.25, 0.3) is 0 Å². The lowest BCUT2D eigenvalue weighted by atomic mass is 9.90. The monoisotopic (exact) mass is 395 g/mol. The highest BCUT2D eigenvalue weighted by Gasteiger charge is 2.49. The average Bonchev–Trinajstić information content (AvgIpc) is 2.86. The summed E-state index contributed by atoms with van der Waals surface area (Å²) in [5, 5.41) is 11.0. The van der Waals surface area contributed by atoms with Gasteiger partial charge in [-0.05, 0) is 49.4 Å². The number of nitrogens with zero attached hydrogens (tertiary/aromatic N) is 1. The Morgan fingerprint density at radius 3 is 2.62 bits per heavy atom. The second kappa shape index (κ2) is 8.37. The van der Waals surface area contributed by atoms with Crippen molar-refractivity contribution < 1.29 is 19.4 Å². The van der Waals surface area contributed by atoms with Gasteiger partial charge in [-0.2, -0.15) is 0 Å². The van der Waals surface area contributed by atoms with Crippen molar-refractivity contribution in [2.75, 3.05) is 18.1 Å². The molecule has 0 aromatic heterocycles. The molecule has 5 nitrogen and oxygen atoms in total. The van der Waals surface area contributed by atoms with E-state index in [0.717, 1.165) is 16.9 Å². The van der Waals surface area contributed by atoms with Crippen LogP contribution in [0.15, 0.2) is 42.5 Å². The van der Waals surface area contributed by atoms with E-state index in [1.54, 1.807) is 17.0 Å². The quantitative estimate of drug-likeness (QED) is 0.684. The molecule has 0 fully saturated rings. The number of ether oxygens (including phenoxy) is 1. The molecule has 1 aliphatic rings. The Hall–Kier alpha value is -2.66. The van der Waals surface area contributed by atoms with E-state index >= 15 is 0 Å². The van der Waals surface area contributed by atoms with Crippen LogP contribution in [0.5, 0.6) is 5.75 Å². The number of anilines is 1. The van der Waals surface area contributed by atoms with Crippen LogP contribution in [0.2, 0.25) is 0 Å². The first-order valence-corrected chi connectivity index (χ1v) is 10.1. The summed E-state index contributed by atoms with van der Waals surface area (Å²) in [6.45, 7) is 8.56. The standard InChI is InChI=1S/C24H29NO4/c1-16(2)19-11-10-17(3)14-22(19)29-13-7-12-25-21-9-6-5-8-20(21)24(28,23(25)27)15-18(4)26/h5-6,8-11,14,16,28H,7,12-13,15H2,1-4H3/t24-/m1/s1. The number of Topliss-reactive ketones (excluding diaryl/α,β-unsaturated/α-hetero) is 1. The van der Waals surface area contributed by atoms with Crippen LogP contribution >= 0.6 is 0 Å². The second-order valence-electron chi connectivity index (χ2n) is 8.11. The number of ketones is 1. The summed E-state index contributed by atoms with van der Waals surface area (Å²) < 4.78 is 6.02. The maximum atomic E-state index is 13.0. The normalized spacial score (nSPS) is 18.3. The highest BCUT2D eigenvalue weighted by Crippen LogP contribution is 2.42. The second-order valence-corrected chi connectivity index (χ2v) is 8.11. The molecule has 0 radical (unpaired) electrons. The first-order chi connectivity index (χ1) is 13.7. The predicted octanol–water partition coefficient (Wildman–Crippen LogP) is 4.10. The first-order valence-electron chi connectivity index (χ1n) is 10.1. The van der Waals surface area contributed by atoms with Crippen molar-refractivity contribution in [3.05, 3.63) is 59.2 Å². The lowest BCUT2D eigenvalue weighted by Gasteiger charge is -2.22. The van der Waals surface area contributed by atoms with Crippen LogP contribution in [-0.4, -0.2) is 29.9 Å². The van der Waals surface area contributed by atoms with Crippen molar-refractivity contribution in [3.8, 4) is 5.75 Å². The largest absolute Gasteiger partial charge is 0.493 e. The van der Waals surface area contributed by atoms with Crippen LogP contribution in [0.1, 0.15) is 56.2 Å². The lowest BCUT2D eigenvalue weighted by Crippen LogP contribution is -2.42. The zero-order valence-electron chi connectivity index (χ0n) is 17.6. The number of aryl methyl sites for hydroxylation is 1. The maximum absolute atomic E-state index is 13.0. The summed E-state index contributed by atoms with van der Waals surface area (Å²) in [5.41, 5.74) is 1.70. The summed E-state index contributed by atoms with van der Waals surface area (Å²) in [5.74, 6) is 0.578. The minimum absolute atomic E-state index is 0.211. The molecule has 1 atom stereocenters. The number of fused-ring (bicyclic) bond motifs is 1. The zero-order chi connectivity index (χ0) is 21.2. The topological polar surface area (TPSA) is 66.8 Å². The maximum Gasteiger partial charge on any atom is 0.264 e. The van der Waals surface area contributed by atoms with Gasteiger partial charge in [-0.1, -0.05) is 44.2 Å². The van der Waals surface area contributed by atoms with Gasteiger partial charge in [-0.25, -0.2) is 0 Å². The van der Waals surface area contributed by atoms with Crippen LogP contribution in [-0.2, 0) is 15.2 Å². The molecular formula is C24H29NO4. The van der Waals surface area contributed by atoms with Crippen molar-refractivity contribution in [1.29, 1.82) is 0 Å².